The van der Waals surface area contributed by atoms with Crippen LogP contribution in [0.25, 0.3) is 0 Å². The molecule has 0 amide bonds. The van der Waals surface area contributed by atoms with Crippen LogP contribution in [0.1, 0.15) is 25.8 Å². The Balaban J connectivity index is 2.79. The number of nitrogens with zero attached hydrogens (tertiary/aromatic N) is 1. The molecular weight excluding hydrogens is 194 g/mol. The summed E-state index contributed by atoms with van der Waals surface area (Å²) < 4.78 is 0. The first-order valence-electron chi connectivity index (χ1n) is 4.75. The largest absolute Gasteiger partial charge is 0.198 e. The molecule has 0 fully saturated rings. The monoisotopic (exact) mass is 207 g/mol. The molecule has 1 aromatic carbocycles. The van der Waals surface area contributed by atoms with Crippen LogP contribution in [-0.2, 0) is 6.42 Å². The van der Waals surface area contributed by atoms with Crippen LogP contribution in [0.5, 0.6) is 0 Å². The average Bonchev–Trinajstić information content (AvgIpc) is 2.21. The van der Waals surface area contributed by atoms with E-state index in [0.29, 0.717) is 0 Å². The van der Waals surface area contributed by atoms with Gasteiger partial charge in [-0.15, -0.1) is 0 Å². The van der Waals surface area contributed by atoms with Crippen molar-refractivity contribution in [1.82, 2.24) is 0 Å². The van der Waals surface area contributed by atoms with Gasteiger partial charge >= 0.3 is 0 Å². The van der Waals surface area contributed by atoms with Crippen LogP contribution in [0.15, 0.2) is 24.3 Å². The smallest absolute Gasteiger partial charge is 0.0690 e. The van der Waals surface area contributed by atoms with Gasteiger partial charge in [-0.2, -0.15) is 5.26 Å². The van der Waals surface area contributed by atoms with E-state index in [1.54, 1.807) is 0 Å². The Morgan fingerprint density at radius 1 is 1.36 bits per heavy atom. The van der Waals surface area contributed by atoms with E-state index >= 15 is 0 Å². The summed E-state index contributed by atoms with van der Waals surface area (Å²) in [6.07, 6.45) is 1.66. The van der Waals surface area contributed by atoms with E-state index in [2.05, 4.69) is 6.07 Å². The molecule has 0 aromatic heterocycles. The maximum Gasteiger partial charge on any atom is 0.0690 e. The Bertz CT molecular complexity index is 336. The molecule has 0 bridgehead atoms. The van der Waals surface area contributed by atoms with Gasteiger partial charge in [0.05, 0.1) is 11.5 Å². The zero-order valence-corrected chi connectivity index (χ0v) is 9.30. The van der Waals surface area contributed by atoms with Gasteiger partial charge in [-0.1, -0.05) is 30.7 Å². The summed E-state index contributed by atoms with van der Waals surface area (Å²) in [6.45, 7) is 4.03. The van der Waals surface area contributed by atoms with Gasteiger partial charge in [0.15, 0.2) is 0 Å². The topological polar surface area (TPSA) is 23.8 Å². The first kappa shape index (κ1) is 11.1. The lowest BCUT2D eigenvalue weighted by Crippen LogP contribution is -2.15. The maximum atomic E-state index is 9.03. The normalized spacial score (nSPS) is 14.4. The minimum atomic E-state index is -0.256. The fraction of sp³-hybridized carbons (Fsp3) is 0.417. The molecule has 0 heterocycles. The maximum absolute atomic E-state index is 9.03. The van der Waals surface area contributed by atoms with E-state index < -0.39 is 0 Å². The number of hydrogen-bond acceptors (Lipinski definition) is 1. The van der Waals surface area contributed by atoms with Crippen LogP contribution in [0.2, 0.25) is 5.02 Å². The van der Waals surface area contributed by atoms with Gasteiger partial charge in [-0.3, -0.25) is 0 Å². The summed E-state index contributed by atoms with van der Waals surface area (Å²) in [5, 5.41) is 9.76. The van der Waals surface area contributed by atoms with Crippen LogP contribution in [0, 0.1) is 16.7 Å². The second kappa shape index (κ2) is 4.48. The lowest BCUT2D eigenvalue weighted by Gasteiger charge is -2.18. The number of hydrogen-bond donors (Lipinski definition) is 0. The molecule has 0 saturated heterocycles. The van der Waals surface area contributed by atoms with E-state index in [1.807, 2.05) is 38.1 Å². The molecule has 0 aliphatic carbocycles. The number of benzene rings is 1. The van der Waals surface area contributed by atoms with E-state index in [-0.39, 0.29) is 5.41 Å². The van der Waals surface area contributed by atoms with Gasteiger partial charge in [0.1, 0.15) is 0 Å². The van der Waals surface area contributed by atoms with Crippen LogP contribution >= 0.6 is 11.6 Å². The zero-order valence-electron chi connectivity index (χ0n) is 8.55. The second-order valence-electron chi connectivity index (χ2n) is 3.83. The van der Waals surface area contributed by atoms with E-state index in [9.17, 15) is 0 Å². The molecule has 0 saturated carbocycles. The highest BCUT2D eigenvalue weighted by atomic mass is 35.5. The lowest BCUT2D eigenvalue weighted by atomic mass is 9.83. The third-order valence-corrected chi connectivity index (χ3v) is 2.81. The van der Waals surface area contributed by atoms with Gasteiger partial charge in [-0.05, 0) is 37.5 Å². The summed E-state index contributed by atoms with van der Waals surface area (Å²) in [5.74, 6) is 0. The third kappa shape index (κ3) is 2.75. The SMILES string of the molecule is CCC(C)(C#N)Cc1ccc(Cl)cc1. The summed E-state index contributed by atoms with van der Waals surface area (Å²) in [7, 11) is 0. The van der Waals surface area contributed by atoms with E-state index in [0.717, 1.165) is 17.9 Å². The standard InChI is InChI=1S/C12H14ClN/c1-3-12(2,9-14)8-10-4-6-11(13)7-5-10/h4-7H,3,8H2,1-2H3. The molecule has 0 N–H and O–H groups in total. The van der Waals surface area contributed by atoms with Crippen molar-refractivity contribution >= 4 is 11.6 Å². The van der Waals surface area contributed by atoms with Crippen LogP contribution in [-0.4, -0.2) is 0 Å². The molecular formula is C12H14ClN. The highest BCUT2D eigenvalue weighted by Gasteiger charge is 2.21. The van der Waals surface area contributed by atoms with Crippen molar-refractivity contribution in [2.24, 2.45) is 5.41 Å². The molecule has 1 unspecified atom stereocenters. The summed E-state index contributed by atoms with van der Waals surface area (Å²) in [4.78, 5) is 0. The number of rotatable bonds is 3. The molecule has 1 aromatic rings. The van der Waals surface area contributed by atoms with Gasteiger partial charge < -0.3 is 0 Å². The fourth-order valence-electron chi connectivity index (χ4n) is 1.30. The summed E-state index contributed by atoms with van der Waals surface area (Å²) >= 11 is 5.79. The highest BCUT2D eigenvalue weighted by Crippen LogP contribution is 2.25. The minimum Gasteiger partial charge on any atom is -0.198 e. The molecule has 1 rings (SSSR count). The van der Waals surface area contributed by atoms with E-state index in [1.165, 1.54) is 5.56 Å². The minimum absolute atomic E-state index is 0.256. The molecule has 2 heteroatoms. The molecule has 0 spiro atoms. The Morgan fingerprint density at radius 2 is 1.93 bits per heavy atom. The highest BCUT2D eigenvalue weighted by molar-refractivity contribution is 6.30. The lowest BCUT2D eigenvalue weighted by molar-refractivity contribution is 0.423. The molecule has 0 radical (unpaired) electrons. The summed E-state index contributed by atoms with van der Waals surface area (Å²) in [5.41, 5.74) is 0.911. The molecule has 0 aliphatic heterocycles. The van der Waals surface area contributed by atoms with Crippen LogP contribution in [0.4, 0.5) is 0 Å². The van der Waals surface area contributed by atoms with Gasteiger partial charge in [0, 0.05) is 5.02 Å². The number of halogens is 1. The Kier molecular flexibility index (Phi) is 3.55. The van der Waals surface area contributed by atoms with Crippen molar-refractivity contribution < 1.29 is 0 Å². The average molecular weight is 208 g/mol. The van der Waals surface area contributed by atoms with Crippen molar-refractivity contribution in [1.29, 1.82) is 5.26 Å². The Labute approximate surface area is 90.3 Å². The molecule has 0 aliphatic rings. The molecule has 1 atom stereocenters. The van der Waals surface area contributed by atoms with Gasteiger partial charge in [0.2, 0.25) is 0 Å². The zero-order chi connectivity index (χ0) is 10.6. The molecule has 74 valence electrons. The molecule has 14 heavy (non-hydrogen) atoms. The van der Waals surface area contributed by atoms with Gasteiger partial charge in [-0.25, -0.2) is 0 Å². The summed E-state index contributed by atoms with van der Waals surface area (Å²) in [6, 6.07) is 10.0. The van der Waals surface area contributed by atoms with Crippen molar-refractivity contribution in [3.8, 4) is 6.07 Å². The van der Waals surface area contributed by atoms with Crippen molar-refractivity contribution in [3.05, 3.63) is 34.9 Å². The van der Waals surface area contributed by atoms with Crippen molar-refractivity contribution in [2.75, 3.05) is 0 Å². The third-order valence-electron chi connectivity index (χ3n) is 2.56. The number of nitriles is 1. The second-order valence-corrected chi connectivity index (χ2v) is 4.27. The predicted octanol–water partition coefficient (Wildman–Crippen LogP) is 3.82. The van der Waals surface area contributed by atoms with Crippen LogP contribution in [0.3, 0.4) is 0 Å². The van der Waals surface area contributed by atoms with Crippen molar-refractivity contribution in [2.45, 2.75) is 26.7 Å². The first-order chi connectivity index (χ1) is 6.59. The first-order valence-corrected chi connectivity index (χ1v) is 5.13. The van der Waals surface area contributed by atoms with E-state index in [4.69, 9.17) is 16.9 Å². The Morgan fingerprint density at radius 3 is 2.36 bits per heavy atom. The van der Waals surface area contributed by atoms with Gasteiger partial charge in [0.25, 0.3) is 0 Å². The van der Waals surface area contributed by atoms with Crippen molar-refractivity contribution in [3.63, 3.8) is 0 Å². The quantitative estimate of drug-likeness (QED) is 0.739. The van der Waals surface area contributed by atoms with Crippen LogP contribution < -0.4 is 0 Å². The Hall–Kier alpha value is -1.00. The molecule has 1 nitrogen and oxygen atoms in total. The predicted molar refractivity (Wildman–Crippen MR) is 59.2 cm³/mol. The fourth-order valence-corrected chi connectivity index (χ4v) is 1.42.